The first kappa shape index (κ1) is 18.2. The first-order valence-electron chi connectivity index (χ1n) is 8.47. The van der Waals surface area contributed by atoms with Gasteiger partial charge in [0.1, 0.15) is 0 Å². The van der Waals surface area contributed by atoms with Gasteiger partial charge in [0.15, 0.2) is 0 Å². The molecule has 5 heteroatoms. The molecule has 1 aromatic rings. The third kappa shape index (κ3) is 5.77. The maximum atomic E-state index is 6.43. The molecule has 1 fully saturated rings. The predicted octanol–water partition coefficient (Wildman–Crippen LogP) is 3.59. The minimum atomic E-state index is -2.11. The molecule has 1 aromatic carbocycles. The van der Waals surface area contributed by atoms with Crippen LogP contribution >= 0.6 is 0 Å². The monoisotopic (exact) mass is 335 g/mol. The van der Waals surface area contributed by atoms with E-state index in [0.717, 1.165) is 32.2 Å². The molecule has 1 aliphatic heterocycles. The summed E-state index contributed by atoms with van der Waals surface area (Å²) in [6.45, 7) is 11.8. The highest BCUT2D eigenvalue weighted by molar-refractivity contribution is 6.66. The van der Waals surface area contributed by atoms with Crippen molar-refractivity contribution in [2.75, 3.05) is 37.8 Å². The molecule has 1 aliphatic rings. The molecule has 1 saturated heterocycles. The molecule has 0 aliphatic carbocycles. The summed E-state index contributed by atoms with van der Waals surface area (Å²) < 4.78 is 18.2. The standard InChI is InChI=1S/C18H29NO3Si/c1-4-12-19(17-10-7-6-8-11-17)15-18-16-20-13-9-14-23(3,22-18)21-5-2/h4,6-8,10-11,18H,1,5,9,12-16H2,2-3H3. The van der Waals surface area contributed by atoms with Gasteiger partial charge in [-0.3, -0.25) is 0 Å². The molecule has 0 spiro atoms. The fourth-order valence-corrected chi connectivity index (χ4v) is 5.56. The fourth-order valence-electron chi connectivity index (χ4n) is 2.98. The first-order chi connectivity index (χ1) is 11.2. The third-order valence-electron chi connectivity index (χ3n) is 3.98. The number of benzene rings is 1. The van der Waals surface area contributed by atoms with Gasteiger partial charge < -0.3 is 18.5 Å². The Kier molecular flexibility index (Phi) is 7.30. The van der Waals surface area contributed by atoms with E-state index in [1.807, 2.05) is 19.1 Å². The van der Waals surface area contributed by atoms with Crippen LogP contribution in [0.5, 0.6) is 0 Å². The number of hydrogen-bond acceptors (Lipinski definition) is 4. The molecule has 23 heavy (non-hydrogen) atoms. The number of nitrogens with zero attached hydrogens (tertiary/aromatic N) is 1. The van der Waals surface area contributed by atoms with E-state index in [-0.39, 0.29) is 6.10 Å². The fraction of sp³-hybridized carbons (Fsp3) is 0.556. The summed E-state index contributed by atoms with van der Waals surface area (Å²) in [7, 11) is -2.11. The van der Waals surface area contributed by atoms with Crippen LogP contribution < -0.4 is 4.90 Å². The summed E-state index contributed by atoms with van der Waals surface area (Å²) in [4.78, 5) is 2.28. The molecule has 2 rings (SSSR count). The highest BCUT2D eigenvalue weighted by Crippen LogP contribution is 2.22. The quantitative estimate of drug-likeness (QED) is 0.563. The van der Waals surface area contributed by atoms with Crippen LogP contribution in [0.1, 0.15) is 13.3 Å². The largest absolute Gasteiger partial charge is 0.395 e. The van der Waals surface area contributed by atoms with E-state index in [2.05, 4.69) is 42.3 Å². The summed E-state index contributed by atoms with van der Waals surface area (Å²) in [5, 5.41) is 0. The zero-order valence-electron chi connectivity index (χ0n) is 14.4. The van der Waals surface area contributed by atoms with Crippen molar-refractivity contribution in [2.24, 2.45) is 0 Å². The van der Waals surface area contributed by atoms with Crippen molar-refractivity contribution in [3.8, 4) is 0 Å². The molecule has 0 amide bonds. The van der Waals surface area contributed by atoms with Crippen molar-refractivity contribution < 1.29 is 13.6 Å². The number of anilines is 1. The van der Waals surface area contributed by atoms with Crippen molar-refractivity contribution in [1.82, 2.24) is 0 Å². The smallest absolute Gasteiger partial charge is 0.335 e. The van der Waals surface area contributed by atoms with Gasteiger partial charge in [0.2, 0.25) is 0 Å². The minimum absolute atomic E-state index is 0.0265. The Morgan fingerprint density at radius 2 is 2.17 bits per heavy atom. The van der Waals surface area contributed by atoms with Gasteiger partial charge in [-0.2, -0.15) is 0 Å². The van der Waals surface area contributed by atoms with Gasteiger partial charge in [0.05, 0.1) is 12.7 Å². The van der Waals surface area contributed by atoms with Crippen LogP contribution in [0.2, 0.25) is 12.6 Å². The molecule has 0 radical (unpaired) electrons. The molecular formula is C18H29NO3Si. The van der Waals surface area contributed by atoms with E-state index in [1.54, 1.807) is 0 Å². The van der Waals surface area contributed by atoms with Crippen LogP contribution in [0.25, 0.3) is 0 Å². The van der Waals surface area contributed by atoms with E-state index in [1.165, 1.54) is 5.69 Å². The SMILES string of the molecule is C=CCN(CC1COCCC[Si](C)(OCC)O1)c1ccccc1. The molecule has 0 aromatic heterocycles. The van der Waals surface area contributed by atoms with Crippen molar-refractivity contribution in [3.05, 3.63) is 43.0 Å². The molecule has 2 unspecified atom stereocenters. The van der Waals surface area contributed by atoms with Gasteiger partial charge in [-0.1, -0.05) is 24.3 Å². The van der Waals surface area contributed by atoms with Crippen molar-refractivity contribution in [1.29, 1.82) is 0 Å². The third-order valence-corrected chi connectivity index (χ3v) is 6.98. The second kappa shape index (κ2) is 9.23. The number of ether oxygens (including phenoxy) is 1. The van der Waals surface area contributed by atoms with E-state index in [0.29, 0.717) is 13.2 Å². The molecule has 128 valence electrons. The minimum Gasteiger partial charge on any atom is -0.395 e. The summed E-state index contributed by atoms with van der Waals surface area (Å²) >= 11 is 0. The summed E-state index contributed by atoms with van der Waals surface area (Å²) in [5.41, 5.74) is 1.18. The molecule has 2 atom stereocenters. The summed E-state index contributed by atoms with van der Waals surface area (Å²) in [6.07, 6.45) is 2.97. The second-order valence-corrected chi connectivity index (χ2v) is 9.31. The highest BCUT2D eigenvalue weighted by atomic mass is 28.4. The highest BCUT2D eigenvalue weighted by Gasteiger charge is 2.35. The zero-order valence-corrected chi connectivity index (χ0v) is 15.4. The average molecular weight is 336 g/mol. The lowest BCUT2D eigenvalue weighted by molar-refractivity contribution is 0.0178. The molecule has 0 N–H and O–H groups in total. The van der Waals surface area contributed by atoms with Crippen molar-refractivity contribution in [3.63, 3.8) is 0 Å². The molecule has 1 heterocycles. The van der Waals surface area contributed by atoms with Crippen LogP contribution in [0, 0.1) is 0 Å². The first-order valence-corrected chi connectivity index (χ1v) is 11.0. The normalized spacial score (nSPS) is 25.4. The number of rotatable bonds is 7. The molecular weight excluding hydrogens is 306 g/mol. The lowest BCUT2D eigenvalue weighted by Crippen LogP contribution is -2.49. The predicted molar refractivity (Wildman–Crippen MR) is 97.2 cm³/mol. The Morgan fingerprint density at radius 1 is 1.39 bits per heavy atom. The van der Waals surface area contributed by atoms with Gasteiger partial charge in [-0.25, -0.2) is 0 Å². The van der Waals surface area contributed by atoms with Crippen LogP contribution in [-0.4, -0.2) is 47.6 Å². The zero-order chi connectivity index (χ0) is 16.5. The van der Waals surface area contributed by atoms with Crippen molar-refractivity contribution >= 4 is 14.2 Å². The van der Waals surface area contributed by atoms with Gasteiger partial charge in [-0.15, -0.1) is 6.58 Å². The van der Waals surface area contributed by atoms with Crippen LogP contribution in [0.3, 0.4) is 0 Å². The Morgan fingerprint density at radius 3 is 2.87 bits per heavy atom. The van der Waals surface area contributed by atoms with E-state index in [9.17, 15) is 0 Å². The maximum Gasteiger partial charge on any atom is 0.335 e. The van der Waals surface area contributed by atoms with E-state index >= 15 is 0 Å². The molecule has 0 bridgehead atoms. The van der Waals surface area contributed by atoms with Crippen LogP contribution in [0.4, 0.5) is 5.69 Å². The summed E-state index contributed by atoms with van der Waals surface area (Å²) in [5.74, 6) is 0. The van der Waals surface area contributed by atoms with Crippen LogP contribution in [-0.2, 0) is 13.6 Å². The van der Waals surface area contributed by atoms with Crippen molar-refractivity contribution in [2.45, 2.75) is 32.0 Å². The lowest BCUT2D eigenvalue weighted by Gasteiger charge is -2.36. The topological polar surface area (TPSA) is 30.9 Å². The van der Waals surface area contributed by atoms with Gasteiger partial charge in [-0.05, 0) is 38.1 Å². The van der Waals surface area contributed by atoms with Gasteiger partial charge in [0, 0.05) is 32.0 Å². The Balaban J connectivity index is 2.08. The Hall–Kier alpha value is -1.14. The van der Waals surface area contributed by atoms with E-state index in [4.69, 9.17) is 13.6 Å². The van der Waals surface area contributed by atoms with Crippen LogP contribution in [0.15, 0.2) is 43.0 Å². The lowest BCUT2D eigenvalue weighted by atomic mass is 10.2. The molecule has 4 nitrogen and oxygen atoms in total. The summed E-state index contributed by atoms with van der Waals surface area (Å²) in [6, 6.07) is 11.4. The number of para-hydroxylation sites is 1. The maximum absolute atomic E-state index is 6.43. The van der Waals surface area contributed by atoms with Gasteiger partial charge >= 0.3 is 8.56 Å². The average Bonchev–Trinajstić information content (AvgIpc) is 2.53. The Labute approximate surface area is 141 Å². The number of hydrogen-bond donors (Lipinski definition) is 0. The molecule has 0 saturated carbocycles. The van der Waals surface area contributed by atoms with E-state index < -0.39 is 8.56 Å². The van der Waals surface area contributed by atoms with Gasteiger partial charge in [0.25, 0.3) is 0 Å². The second-order valence-electron chi connectivity index (χ2n) is 6.01. The Bertz CT molecular complexity index is 471.